The van der Waals surface area contributed by atoms with Gasteiger partial charge in [0.05, 0.1) is 0 Å². The van der Waals surface area contributed by atoms with Crippen molar-refractivity contribution in [1.82, 2.24) is 4.90 Å². The molecule has 0 heterocycles. The number of nitrogens with zero attached hydrogens (tertiary/aromatic N) is 1. The Bertz CT molecular complexity index is 119. The molecule has 0 rings (SSSR count). The summed E-state index contributed by atoms with van der Waals surface area (Å²) in [6.45, 7) is 4.35. The molecule has 72 valence electrons. The second kappa shape index (κ2) is 7.06. The zero-order valence-electron chi connectivity index (χ0n) is 7.75. The lowest BCUT2D eigenvalue weighted by molar-refractivity contribution is -0.128. The molecular weight excluding hydrogens is 154 g/mol. The molecule has 4 N–H and O–H groups in total. The Morgan fingerprint density at radius 2 is 1.58 bits per heavy atom. The zero-order valence-corrected chi connectivity index (χ0v) is 7.75. The van der Waals surface area contributed by atoms with E-state index in [0.29, 0.717) is 13.1 Å². The second-order valence-corrected chi connectivity index (χ2v) is 2.79. The molecular formula is C8H19N3O. The van der Waals surface area contributed by atoms with Gasteiger partial charge < -0.3 is 16.4 Å². The maximum atomic E-state index is 11.0. The molecule has 0 aromatic heterocycles. The van der Waals surface area contributed by atoms with Crippen LogP contribution in [-0.4, -0.2) is 37.0 Å². The molecule has 0 fully saturated rings. The third-order valence-electron chi connectivity index (χ3n) is 1.71. The van der Waals surface area contributed by atoms with E-state index in [1.807, 2.05) is 0 Å². The lowest BCUT2D eigenvalue weighted by atomic mass is 10.3. The molecule has 0 aliphatic heterocycles. The highest BCUT2D eigenvalue weighted by Gasteiger charge is 2.05. The van der Waals surface area contributed by atoms with Crippen LogP contribution in [0.5, 0.6) is 0 Å². The highest BCUT2D eigenvalue weighted by molar-refractivity contribution is 5.73. The Morgan fingerprint density at radius 3 is 1.83 bits per heavy atom. The molecule has 0 bridgehead atoms. The van der Waals surface area contributed by atoms with E-state index in [2.05, 4.69) is 0 Å². The maximum absolute atomic E-state index is 11.0. The van der Waals surface area contributed by atoms with Crippen molar-refractivity contribution in [2.45, 2.75) is 19.8 Å². The average molecular weight is 173 g/mol. The molecule has 4 nitrogen and oxygen atoms in total. The number of carbonyl (C=O) groups excluding carboxylic acids is 1. The SMILES string of the molecule is CC(=O)N(CCCN)CCCN. The van der Waals surface area contributed by atoms with Crippen LogP contribution in [0.1, 0.15) is 19.8 Å². The summed E-state index contributed by atoms with van der Waals surface area (Å²) in [5, 5.41) is 0. The predicted octanol–water partition coefficient (Wildman–Crippen LogP) is -0.467. The predicted molar refractivity (Wildman–Crippen MR) is 49.6 cm³/mol. The minimum Gasteiger partial charge on any atom is -0.343 e. The van der Waals surface area contributed by atoms with E-state index in [1.54, 1.807) is 11.8 Å². The minimum atomic E-state index is 0.108. The fourth-order valence-electron chi connectivity index (χ4n) is 0.991. The summed E-state index contributed by atoms with van der Waals surface area (Å²) in [4.78, 5) is 12.8. The van der Waals surface area contributed by atoms with Gasteiger partial charge in [0.15, 0.2) is 0 Å². The molecule has 1 amide bonds. The molecule has 0 saturated heterocycles. The van der Waals surface area contributed by atoms with Crippen LogP contribution in [0.25, 0.3) is 0 Å². The third-order valence-corrected chi connectivity index (χ3v) is 1.71. The number of amides is 1. The van der Waals surface area contributed by atoms with Crippen molar-refractivity contribution in [3.05, 3.63) is 0 Å². The molecule has 0 atom stereocenters. The highest BCUT2D eigenvalue weighted by Crippen LogP contribution is 1.93. The number of carbonyl (C=O) groups is 1. The van der Waals surface area contributed by atoms with Crippen molar-refractivity contribution in [2.75, 3.05) is 26.2 Å². The molecule has 0 spiro atoms. The van der Waals surface area contributed by atoms with Gasteiger partial charge in [0, 0.05) is 20.0 Å². The Balaban J connectivity index is 3.62. The molecule has 0 unspecified atom stereocenters. The highest BCUT2D eigenvalue weighted by atomic mass is 16.2. The van der Waals surface area contributed by atoms with Crippen LogP contribution in [0, 0.1) is 0 Å². The molecule has 0 aromatic carbocycles. The van der Waals surface area contributed by atoms with Gasteiger partial charge in [-0.05, 0) is 25.9 Å². The summed E-state index contributed by atoms with van der Waals surface area (Å²) >= 11 is 0. The number of hydrogen-bond donors (Lipinski definition) is 2. The topological polar surface area (TPSA) is 72.3 Å². The second-order valence-electron chi connectivity index (χ2n) is 2.79. The zero-order chi connectivity index (χ0) is 9.40. The monoisotopic (exact) mass is 173 g/mol. The molecule has 0 aliphatic rings. The van der Waals surface area contributed by atoms with Gasteiger partial charge in [0.1, 0.15) is 0 Å². The minimum absolute atomic E-state index is 0.108. The Labute approximate surface area is 73.9 Å². The van der Waals surface area contributed by atoms with Gasteiger partial charge in [-0.2, -0.15) is 0 Å². The summed E-state index contributed by atoms with van der Waals surface area (Å²) in [5.74, 6) is 0.108. The first-order valence-corrected chi connectivity index (χ1v) is 4.38. The number of rotatable bonds is 6. The quantitative estimate of drug-likeness (QED) is 0.570. The van der Waals surface area contributed by atoms with E-state index in [-0.39, 0.29) is 5.91 Å². The van der Waals surface area contributed by atoms with Crippen LogP contribution in [0.4, 0.5) is 0 Å². The largest absolute Gasteiger partial charge is 0.343 e. The average Bonchev–Trinajstić information content (AvgIpc) is 2.04. The summed E-state index contributed by atoms with van der Waals surface area (Å²) < 4.78 is 0. The fraction of sp³-hybridized carbons (Fsp3) is 0.875. The van der Waals surface area contributed by atoms with Gasteiger partial charge in [-0.3, -0.25) is 4.79 Å². The van der Waals surface area contributed by atoms with Crippen LogP contribution in [-0.2, 0) is 4.79 Å². The summed E-state index contributed by atoms with van der Waals surface area (Å²) in [6.07, 6.45) is 1.73. The first kappa shape index (κ1) is 11.4. The van der Waals surface area contributed by atoms with Crippen LogP contribution in [0.2, 0.25) is 0 Å². The summed E-state index contributed by atoms with van der Waals surface area (Å²) in [5.41, 5.74) is 10.7. The van der Waals surface area contributed by atoms with E-state index in [1.165, 1.54) is 0 Å². The van der Waals surface area contributed by atoms with Crippen LogP contribution < -0.4 is 11.5 Å². The number of nitrogens with two attached hydrogens (primary N) is 2. The van der Waals surface area contributed by atoms with E-state index < -0.39 is 0 Å². The maximum Gasteiger partial charge on any atom is 0.219 e. The van der Waals surface area contributed by atoms with Crippen molar-refractivity contribution in [1.29, 1.82) is 0 Å². The molecule has 12 heavy (non-hydrogen) atoms. The van der Waals surface area contributed by atoms with Crippen molar-refractivity contribution in [3.8, 4) is 0 Å². The van der Waals surface area contributed by atoms with E-state index >= 15 is 0 Å². The van der Waals surface area contributed by atoms with Gasteiger partial charge in [-0.15, -0.1) is 0 Å². The van der Waals surface area contributed by atoms with E-state index in [4.69, 9.17) is 11.5 Å². The molecule has 0 saturated carbocycles. The molecule has 0 radical (unpaired) electrons. The Kier molecular flexibility index (Phi) is 6.70. The normalized spacial score (nSPS) is 9.92. The van der Waals surface area contributed by atoms with Crippen LogP contribution in [0.15, 0.2) is 0 Å². The van der Waals surface area contributed by atoms with Gasteiger partial charge in [0.2, 0.25) is 5.91 Å². The lowest BCUT2D eigenvalue weighted by Gasteiger charge is -2.19. The van der Waals surface area contributed by atoms with E-state index in [0.717, 1.165) is 25.9 Å². The first-order chi connectivity index (χ1) is 5.72. The van der Waals surface area contributed by atoms with Crippen molar-refractivity contribution in [3.63, 3.8) is 0 Å². The Morgan fingerprint density at radius 1 is 1.17 bits per heavy atom. The third kappa shape index (κ3) is 5.09. The Hall–Kier alpha value is -0.610. The van der Waals surface area contributed by atoms with Crippen LogP contribution >= 0.6 is 0 Å². The van der Waals surface area contributed by atoms with Gasteiger partial charge in [0.25, 0.3) is 0 Å². The van der Waals surface area contributed by atoms with Crippen LogP contribution in [0.3, 0.4) is 0 Å². The van der Waals surface area contributed by atoms with Gasteiger partial charge in [-0.25, -0.2) is 0 Å². The molecule has 4 heteroatoms. The smallest absolute Gasteiger partial charge is 0.219 e. The van der Waals surface area contributed by atoms with Crippen molar-refractivity contribution < 1.29 is 4.79 Å². The summed E-state index contributed by atoms with van der Waals surface area (Å²) in [6, 6.07) is 0. The van der Waals surface area contributed by atoms with E-state index in [9.17, 15) is 4.79 Å². The standard InChI is InChI=1S/C8H19N3O/c1-8(12)11(6-2-4-9)7-3-5-10/h2-7,9-10H2,1H3. The van der Waals surface area contributed by atoms with Gasteiger partial charge >= 0.3 is 0 Å². The summed E-state index contributed by atoms with van der Waals surface area (Å²) in [7, 11) is 0. The van der Waals surface area contributed by atoms with Crippen molar-refractivity contribution >= 4 is 5.91 Å². The lowest BCUT2D eigenvalue weighted by Crippen LogP contribution is -2.32. The number of hydrogen-bond acceptors (Lipinski definition) is 3. The molecule has 0 aromatic rings. The fourth-order valence-corrected chi connectivity index (χ4v) is 0.991. The van der Waals surface area contributed by atoms with Crippen molar-refractivity contribution in [2.24, 2.45) is 11.5 Å². The van der Waals surface area contributed by atoms with Gasteiger partial charge in [-0.1, -0.05) is 0 Å². The first-order valence-electron chi connectivity index (χ1n) is 4.38. The molecule has 0 aliphatic carbocycles.